The summed E-state index contributed by atoms with van der Waals surface area (Å²) in [5.74, 6) is -0.157. The van der Waals surface area contributed by atoms with E-state index in [0.717, 1.165) is 13.0 Å². The van der Waals surface area contributed by atoms with Gasteiger partial charge < -0.3 is 5.32 Å². The molecule has 0 radical (unpaired) electrons. The number of unbranched alkanes of at least 4 members (excludes halogenated alkanes) is 3. The van der Waals surface area contributed by atoms with E-state index < -0.39 is 10.1 Å². The van der Waals surface area contributed by atoms with E-state index >= 15 is 0 Å². The molecule has 15 heavy (non-hydrogen) atoms. The maximum Gasteiger partial charge on any atom is 0.264 e. The van der Waals surface area contributed by atoms with Crippen molar-refractivity contribution in [1.82, 2.24) is 5.32 Å². The molecule has 0 rings (SSSR count). The van der Waals surface area contributed by atoms with Gasteiger partial charge in [0.1, 0.15) is 0 Å². The highest BCUT2D eigenvalue weighted by Gasteiger charge is 2.08. The minimum atomic E-state index is -3.80. The Morgan fingerprint density at radius 2 is 1.93 bits per heavy atom. The lowest BCUT2D eigenvalue weighted by Gasteiger charge is -2.12. The molecule has 0 unspecified atom stereocenters. The van der Waals surface area contributed by atoms with Gasteiger partial charge in [0.25, 0.3) is 10.1 Å². The predicted octanol–water partition coefficient (Wildman–Crippen LogP) is 1.82. The Kier molecular flexibility index (Phi) is 8.00. The fraction of sp³-hybridized carbons (Fsp3) is 1.00. The minimum absolute atomic E-state index is 0.147. The summed E-state index contributed by atoms with van der Waals surface area (Å²) in [6.45, 7) is 5.03. The summed E-state index contributed by atoms with van der Waals surface area (Å²) in [5, 5.41) is 3.24. The van der Waals surface area contributed by atoms with Crippen molar-refractivity contribution in [3.63, 3.8) is 0 Å². The average molecular weight is 237 g/mol. The molecule has 0 bridgehead atoms. The third kappa shape index (κ3) is 11.8. The molecule has 4 nitrogen and oxygen atoms in total. The van der Waals surface area contributed by atoms with Crippen LogP contribution < -0.4 is 5.32 Å². The summed E-state index contributed by atoms with van der Waals surface area (Å²) < 4.78 is 29.5. The van der Waals surface area contributed by atoms with E-state index in [1.807, 2.05) is 6.92 Å². The van der Waals surface area contributed by atoms with Crippen molar-refractivity contribution >= 4 is 10.1 Å². The van der Waals surface area contributed by atoms with Crippen LogP contribution in [-0.2, 0) is 10.1 Å². The first-order chi connectivity index (χ1) is 6.95. The lowest BCUT2D eigenvalue weighted by molar-refractivity contribution is 0.465. The summed E-state index contributed by atoms with van der Waals surface area (Å²) >= 11 is 0. The smallest absolute Gasteiger partial charge is 0.264 e. The molecule has 0 aromatic heterocycles. The number of hydrogen-bond donors (Lipinski definition) is 2. The first kappa shape index (κ1) is 14.9. The molecule has 0 aliphatic rings. The number of hydrogen-bond acceptors (Lipinski definition) is 3. The molecule has 0 aliphatic heterocycles. The Balaban J connectivity index is 3.37. The third-order valence-corrected chi connectivity index (χ3v) is 3.08. The zero-order valence-electron chi connectivity index (χ0n) is 9.70. The molecular formula is C10H23NO3S. The first-order valence-corrected chi connectivity index (χ1v) is 7.25. The number of rotatable bonds is 9. The quantitative estimate of drug-likeness (QED) is 0.474. The van der Waals surface area contributed by atoms with Crippen molar-refractivity contribution < 1.29 is 13.0 Å². The van der Waals surface area contributed by atoms with Gasteiger partial charge in [-0.25, -0.2) is 0 Å². The van der Waals surface area contributed by atoms with E-state index in [4.69, 9.17) is 4.55 Å². The van der Waals surface area contributed by atoms with E-state index in [9.17, 15) is 8.42 Å². The first-order valence-electron chi connectivity index (χ1n) is 5.64. The molecule has 1 atom stereocenters. The standard InChI is InChI=1S/C10H23NO3S/c1-3-4-5-6-8-11-10(2)7-9-15(12,13)14/h10-11H,3-9H2,1-2H3,(H,12,13,14)/t10-/m0/s1. The van der Waals surface area contributed by atoms with Crippen LogP contribution in [0.5, 0.6) is 0 Å². The number of nitrogens with one attached hydrogen (secondary N) is 1. The van der Waals surface area contributed by atoms with Crippen LogP contribution >= 0.6 is 0 Å². The van der Waals surface area contributed by atoms with Crippen molar-refractivity contribution in [3.05, 3.63) is 0 Å². The maximum absolute atomic E-state index is 10.5. The van der Waals surface area contributed by atoms with Crippen LogP contribution in [0.25, 0.3) is 0 Å². The molecule has 0 saturated heterocycles. The lowest BCUT2D eigenvalue weighted by Crippen LogP contribution is -2.29. The highest BCUT2D eigenvalue weighted by atomic mass is 32.2. The second-order valence-corrected chi connectivity index (χ2v) is 5.56. The molecule has 92 valence electrons. The van der Waals surface area contributed by atoms with Crippen LogP contribution in [-0.4, -0.2) is 31.3 Å². The van der Waals surface area contributed by atoms with E-state index in [-0.39, 0.29) is 11.8 Å². The van der Waals surface area contributed by atoms with Crippen molar-refractivity contribution in [3.8, 4) is 0 Å². The fourth-order valence-corrected chi connectivity index (χ4v) is 1.98. The van der Waals surface area contributed by atoms with Gasteiger partial charge in [-0.1, -0.05) is 26.2 Å². The van der Waals surface area contributed by atoms with E-state index in [1.54, 1.807) is 0 Å². The van der Waals surface area contributed by atoms with Crippen LogP contribution in [0.15, 0.2) is 0 Å². The van der Waals surface area contributed by atoms with Crippen molar-refractivity contribution in [2.45, 2.75) is 52.0 Å². The summed E-state index contributed by atoms with van der Waals surface area (Å²) in [6, 6.07) is 0.147. The van der Waals surface area contributed by atoms with Gasteiger partial charge in [0.15, 0.2) is 0 Å². The highest BCUT2D eigenvalue weighted by molar-refractivity contribution is 7.85. The largest absolute Gasteiger partial charge is 0.314 e. The predicted molar refractivity (Wildman–Crippen MR) is 62.6 cm³/mol. The fourth-order valence-electron chi connectivity index (χ4n) is 1.33. The van der Waals surface area contributed by atoms with E-state index in [0.29, 0.717) is 6.42 Å². The Bertz CT molecular complexity index is 239. The SMILES string of the molecule is CCCCCCN[C@@H](C)CCS(=O)(=O)O. The van der Waals surface area contributed by atoms with Crippen molar-refractivity contribution in [2.24, 2.45) is 0 Å². The molecule has 0 aliphatic carbocycles. The third-order valence-electron chi connectivity index (χ3n) is 2.33. The summed E-state index contributed by atoms with van der Waals surface area (Å²) in [6.07, 6.45) is 5.28. The summed E-state index contributed by atoms with van der Waals surface area (Å²) in [5.41, 5.74) is 0. The molecule has 0 heterocycles. The van der Waals surface area contributed by atoms with Crippen LogP contribution in [0.4, 0.5) is 0 Å². The van der Waals surface area contributed by atoms with Gasteiger partial charge in [-0.15, -0.1) is 0 Å². The molecule has 2 N–H and O–H groups in total. The lowest BCUT2D eigenvalue weighted by atomic mass is 10.2. The van der Waals surface area contributed by atoms with Crippen LogP contribution in [0.3, 0.4) is 0 Å². The molecule has 0 amide bonds. The highest BCUT2D eigenvalue weighted by Crippen LogP contribution is 1.99. The van der Waals surface area contributed by atoms with Gasteiger partial charge >= 0.3 is 0 Å². The average Bonchev–Trinajstić information content (AvgIpc) is 2.13. The molecular weight excluding hydrogens is 214 g/mol. The molecule has 0 aromatic rings. The molecule has 5 heteroatoms. The zero-order chi connectivity index (χ0) is 11.7. The van der Waals surface area contributed by atoms with E-state index in [1.165, 1.54) is 19.3 Å². The zero-order valence-corrected chi connectivity index (χ0v) is 10.5. The monoisotopic (exact) mass is 237 g/mol. The Morgan fingerprint density at radius 1 is 1.27 bits per heavy atom. The Morgan fingerprint density at radius 3 is 2.47 bits per heavy atom. The Hall–Kier alpha value is -0.130. The topological polar surface area (TPSA) is 66.4 Å². The van der Waals surface area contributed by atoms with Gasteiger partial charge in [0, 0.05) is 6.04 Å². The second-order valence-electron chi connectivity index (χ2n) is 3.99. The van der Waals surface area contributed by atoms with E-state index in [2.05, 4.69) is 12.2 Å². The second kappa shape index (κ2) is 8.07. The van der Waals surface area contributed by atoms with Gasteiger partial charge in [-0.2, -0.15) is 8.42 Å². The van der Waals surface area contributed by atoms with Gasteiger partial charge in [0.2, 0.25) is 0 Å². The van der Waals surface area contributed by atoms with Crippen molar-refractivity contribution in [1.29, 1.82) is 0 Å². The normalized spacial score (nSPS) is 14.1. The Labute approximate surface area is 93.2 Å². The maximum atomic E-state index is 10.5. The van der Waals surface area contributed by atoms with Gasteiger partial charge in [-0.05, 0) is 26.3 Å². The summed E-state index contributed by atoms with van der Waals surface area (Å²) in [7, 11) is -3.80. The van der Waals surface area contributed by atoms with Gasteiger partial charge in [-0.3, -0.25) is 4.55 Å². The van der Waals surface area contributed by atoms with Crippen LogP contribution in [0.2, 0.25) is 0 Å². The van der Waals surface area contributed by atoms with Crippen LogP contribution in [0, 0.1) is 0 Å². The van der Waals surface area contributed by atoms with Crippen molar-refractivity contribution in [2.75, 3.05) is 12.3 Å². The molecule has 0 spiro atoms. The van der Waals surface area contributed by atoms with Crippen LogP contribution in [0.1, 0.15) is 46.0 Å². The molecule has 0 saturated carbocycles. The minimum Gasteiger partial charge on any atom is -0.314 e. The van der Waals surface area contributed by atoms with Gasteiger partial charge in [0.05, 0.1) is 5.75 Å². The molecule has 0 fully saturated rings. The summed E-state index contributed by atoms with van der Waals surface area (Å²) in [4.78, 5) is 0. The molecule has 0 aromatic carbocycles.